The molecule has 0 unspecified atom stereocenters. The smallest absolute Gasteiger partial charge is 0.274 e. The third kappa shape index (κ3) is 3.28. The van der Waals surface area contributed by atoms with Gasteiger partial charge < -0.3 is 4.90 Å². The van der Waals surface area contributed by atoms with Gasteiger partial charge in [0.05, 0.1) is 0 Å². The van der Waals surface area contributed by atoms with Crippen molar-refractivity contribution in [3.05, 3.63) is 64.1 Å². The molecular weight excluding hydrogens is 242 g/mol. The summed E-state index contributed by atoms with van der Waals surface area (Å²) in [4.78, 5) is 24.8. The van der Waals surface area contributed by atoms with Crippen LogP contribution in [0.15, 0.2) is 47.3 Å². The van der Waals surface area contributed by atoms with Gasteiger partial charge in [-0.25, -0.2) is 5.10 Å². The molecule has 0 atom stereocenters. The summed E-state index contributed by atoms with van der Waals surface area (Å²) in [6, 6.07) is 12.5. The summed E-state index contributed by atoms with van der Waals surface area (Å²) in [5, 5.41) is 6.03. The first kappa shape index (κ1) is 13.0. The van der Waals surface area contributed by atoms with E-state index in [2.05, 4.69) is 10.2 Å². The first-order valence-electron chi connectivity index (χ1n) is 6.09. The second-order valence-corrected chi connectivity index (χ2v) is 4.11. The Morgan fingerprint density at radius 1 is 1.21 bits per heavy atom. The van der Waals surface area contributed by atoms with Crippen LogP contribution in [0.4, 0.5) is 0 Å². The summed E-state index contributed by atoms with van der Waals surface area (Å²) in [5.41, 5.74) is 0.988. The summed E-state index contributed by atoms with van der Waals surface area (Å²) < 4.78 is 0. The highest BCUT2D eigenvalue weighted by Crippen LogP contribution is 2.07. The first-order valence-corrected chi connectivity index (χ1v) is 6.09. The van der Waals surface area contributed by atoms with Gasteiger partial charge in [0.1, 0.15) is 5.69 Å². The number of benzene rings is 1. The van der Waals surface area contributed by atoms with E-state index >= 15 is 0 Å². The van der Waals surface area contributed by atoms with Crippen molar-refractivity contribution in [2.75, 3.05) is 6.54 Å². The summed E-state index contributed by atoms with van der Waals surface area (Å²) in [7, 11) is 0. The van der Waals surface area contributed by atoms with Crippen molar-refractivity contribution in [2.45, 2.75) is 13.5 Å². The first-order chi connectivity index (χ1) is 9.20. The average Bonchev–Trinajstić information content (AvgIpc) is 2.46. The fraction of sp³-hybridized carbons (Fsp3) is 0.214. The maximum Gasteiger partial charge on any atom is 0.274 e. The number of H-pyrrole nitrogens is 1. The van der Waals surface area contributed by atoms with Crippen LogP contribution in [-0.2, 0) is 6.54 Å². The predicted octanol–water partition coefficient (Wildman–Crippen LogP) is 1.43. The standard InChI is InChI=1S/C14H15N3O2/c1-2-17(10-11-6-4-3-5-7-11)14(19)12-8-9-13(18)16-15-12/h3-9H,2,10H2,1H3,(H,16,18). The van der Waals surface area contributed by atoms with Crippen molar-refractivity contribution in [1.29, 1.82) is 0 Å². The molecular formula is C14H15N3O2. The topological polar surface area (TPSA) is 66.1 Å². The molecule has 5 heteroatoms. The van der Waals surface area contributed by atoms with E-state index in [0.29, 0.717) is 13.1 Å². The third-order valence-corrected chi connectivity index (χ3v) is 2.78. The molecule has 98 valence electrons. The number of aromatic nitrogens is 2. The van der Waals surface area contributed by atoms with Crippen molar-refractivity contribution in [3.8, 4) is 0 Å². The number of nitrogens with one attached hydrogen (secondary N) is 1. The minimum Gasteiger partial charge on any atom is -0.333 e. The Morgan fingerprint density at radius 2 is 1.95 bits per heavy atom. The van der Waals surface area contributed by atoms with Crippen LogP contribution in [0, 0.1) is 0 Å². The molecule has 0 saturated carbocycles. The molecule has 1 aromatic carbocycles. The molecule has 0 bridgehead atoms. The van der Waals surface area contributed by atoms with Crippen LogP contribution in [0.5, 0.6) is 0 Å². The zero-order chi connectivity index (χ0) is 13.7. The zero-order valence-corrected chi connectivity index (χ0v) is 10.7. The SMILES string of the molecule is CCN(Cc1ccccc1)C(=O)c1ccc(=O)[nH]n1. The highest BCUT2D eigenvalue weighted by Gasteiger charge is 2.15. The van der Waals surface area contributed by atoms with Gasteiger partial charge in [-0.15, -0.1) is 0 Å². The largest absolute Gasteiger partial charge is 0.333 e. The van der Waals surface area contributed by atoms with E-state index in [-0.39, 0.29) is 17.2 Å². The lowest BCUT2D eigenvalue weighted by Crippen LogP contribution is -2.31. The minimum absolute atomic E-state index is 0.192. The quantitative estimate of drug-likeness (QED) is 0.901. The maximum atomic E-state index is 12.2. The number of hydrogen-bond acceptors (Lipinski definition) is 3. The van der Waals surface area contributed by atoms with Crippen LogP contribution < -0.4 is 5.56 Å². The predicted molar refractivity (Wildman–Crippen MR) is 71.7 cm³/mol. The van der Waals surface area contributed by atoms with Gasteiger partial charge in [-0.2, -0.15) is 5.10 Å². The molecule has 0 radical (unpaired) electrons. The molecule has 0 aliphatic rings. The van der Waals surface area contributed by atoms with Crippen LogP contribution in [0.3, 0.4) is 0 Å². The van der Waals surface area contributed by atoms with Gasteiger partial charge >= 0.3 is 0 Å². The Labute approximate surface area is 110 Å². The van der Waals surface area contributed by atoms with Crippen LogP contribution in [0.2, 0.25) is 0 Å². The number of rotatable bonds is 4. The molecule has 2 rings (SSSR count). The van der Waals surface area contributed by atoms with Crippen molar-refractivity contribution in [2.24, 2.45) is 0 Å². The second-order valence-electron chi connectivity index (χ2n) is 4.11. The van der Waals surface area contributed by atoms with E-state index in [0.717, 1.165) is 5.56 Å². The fourth-order valence-electron chi connectivity index (χ4n) is 1.76. The molecule has 1 aromatic heterocycles. The van der Waals surface area contributed by atoms with E-state index < -0.39 is 0 Å². The molecule has 0 spiro atoms. The lowest BCUT2D eigenvalue weighted by Gasteiger charge is -2.20. The molecule has 5 nitrogen and oxygen atoms in total. The van der Waals surface area contributed by atoms with E-state index in [1.165, 1.54) is 12.1 Å². The van der Waals surface area contributed by atoms with Gasteiger partial charge in [0.25, 0.3) is 11.5 Å². The van der Waals surface area contributed by atoms with Crippen LogP contribution in [0.1, 0.15) is 23.0 Å². The highest BCUT2D eigenvalue weighted by atomic mass is 16.2. The van der Waals surface area contributed by atoms with E-state index in [1.807, 2.05) is 37.3 Å². The lowest BCUT2D eigenvalue weighted by atomic mass is 10.2. The Hall–Kier alpha value is -2.43. The monoisotopic (exact) mass is 257 g/mol. The molecule has 0 aliphatic carbocycles. The summed E-state index contributed by atoms with van der Waals surface area (Å²) in [6.45, 7) is 3.01. The molecule has 1 amide bonds. The number of carbonyl (C=O) groups excluding carboxylic acids is 1. The van der Waals surface area contributed by atoms with Crippen molar-refractivity contribution in [1.82, 2.24) is 15.1 Å². The third-order valence-electron chi connectivity index (χ3n) is 2.78. The molecule has 1 N–H and O–H groups in total. The molecule has 19 heavy (non-hydrogen) atoms. The summed E-state index contributed by atoms with van der Waals surface area (Å²) >= 11 is 0. The minimum atomic E-state index is -0.317. The fourth-order valence-corrected chi connectivity index (χ4v) is 1.76. The Bertz CT molecular complexity index is 587. The number of amides is 1. The molecule has 1 heterocycles. The van der Waals surface area contributed by atoms with Crippen LogP contribution in [0.25, 0.3) is 0 Å². The average molecular weight is 257 g/mol. The van der Waals surface area contributed by atoms with Gasteiger partial charge in [0, 0.05) is 19.2 Å². The highest BCUT2D eigenvalue weighted by molar-refractivity contribution is 5.92. The lowest BCUT2D eigenvalue weighted by molar-refractivity contribution is 0.0745. The van der Waals surface area contributed by atoms with Gasteiger partial charge in [0.15, 0.2) is 0 Å². The molecule has 2 aromatic rings. The molecule has 0 aliphatic heterocycles. The summed E-state index contributed by atoms with van der Waals surface area (Å²) in [6.07, 6.45) is 0. The van der Waals surface area contributed by atoms with Crippen LogP contribution in [-0.4, -0.2) is 27.5 Å². The van der Waals surface area contributed by atoms with Crippen molar-refractivity contribution in [3.63, 3.8) is 0 Å². The van der Waals surface area contributed by atoms with E-state index in [9.17, 15) is 9.59 Å². The Balaban J connectivity index is 2.15. The van der Waals surface area contributed by atoms with Gasteiger partial charge in [-0.05, 0) is 18.6 Å². The van der Waals surface area contributed by atoms with E-state index in [1.54, 1.807) is 4.90 Å². The Kier molecular flexibility index (Phi) is 4.07. The Morgan fingerprint density at radius 3 is 2.53 bits per heavy atom. The number of nitrogens with zero attached hydrogens (tertiary/aromatic N) is 2. The zero-order valence-electron chi connectivity index (χ0n) is 10.7. The number of aromatic amines is 1. The normalized spacial score (nSPS) is 10.2. The number of carbonyl (C=O) groups is 1. The number of hydrogen-bond donors (Lipinski definition) is 1. The van der Waals surface area contributed by atoms with Crippen LogP contribution >= 0.6 is 0 Å². The second kappa shape index (κ2) is 5.95. The van der Waals surface area contributed by atoms with E-state index in [4.69, 9.17) is 0 Å². The van der Waals surface area contributed by atoms with Crippen molar-refractivity contribution < 1.29 is 4.79 Å². The maximum absolute atomic E-state index is 12.2. The molecule has 0 saturated heterocycles. The van der Waals surface area contributed by atoms with Gasteiger partial charge in [-0.1, -0.05) is 30.3 Å². The summed E-state index contributed by atoms with van der Waals surface area (Å²) in [5.74, 6) is -0.192. The van der Waals surface area contributed by atoms with Crippen molar-refractivity contribution >= 4 is 5.91 Å². The van der Waals surface area contributed by atoms with Gasteiger partial charge in [-0.3, -0.25) is 9.59 Å². The van der Waals surface area contributed by atoms with Gasteiger partial charge in [0.2, 0.25) is 0 Å². The molecule has 0 fully saturated rings.